The molecule has 2 aromatic rings. The van der Waals surface area contributed by atoms with Crippen molar-refractivity contribution in [2.45, 2.75) is 30.6 Å². The monoisotopic (exact) mass is 491 g/mol. The maximum absolute atomic E-state index is 14.4. The lowest BCUT2D eigenvalue weighted by molar-refractivity contribution is -0.121. The highest BCUT2D eigenvalue weighted by Crippen LogP contribution is 2.24. The van der Waals surface area contributed by atoms with E-state index in [0.717, 1.165) is 36.8 Å². The van der Waals surface area contributed by atoms with E-state index in [-0.39, 0.29) is 31.6 Å². The van der Waals surface area contributed by atoms with Crippen LogP contribution in [0.4, 0.5) is 14.5 Å². The van der Waals surface area contributed by atoms with Gasteiger partial charge in [-0.3, -0.25) is 4.79 Å². The van der Waals surface area contributed by atoms with E-state index in [4.69, 9.17) is 10.00 Å². The summed E-state index contributed by atoms with van der Waals surface area (Å²) in [6, 6.07) is 9.75. The number of sulfonamides is 1. The Hall–Kier alpha value is -3.36. The van der Waals surface area contributed by atoms with Gasteiger partial charge in [0.2, 0.25) is 10.0 Å². The second-order valence-electron chi connectivity index (χ2n) is 7.62. The summed E-state index contributed by atoms with van der Waals surface area (Å²) in [4.78, 5) is 25.7. The maximum Gasteiger partial charge on any atom is 0.338 e. The molecule has 180 valence electrons. The van der Waals surface area contributed by atoms with Crippen LogP contribution in [0.15, 0.2) is 47.4 Å². The fourth-order valence-electron chi connectivity index (χ4n) is 3.54. The lowest BCUT2D eigenvalue weighted by atomic mass is 10.2. The summed E-state index contributed by atoms with van der Waals surface area (Å²) >= 11 is 0. The van der Waals surface area contributed by atoms with Crippen LogP contribution in [0, 0.1) is 23.0 Å². The van der Waals surface area contributed by atoms with Gasteiger partial charge in [0.15, 0.2) is 6.61 Å². The van der Waals surface area contributed by atoms with Crippen molar-refractivity contribution in [2.24, 2.45) is 0 Å². The molecule has 0 aliphatic carbocycles. The quantitative estimate of drug-likeness (QED) is 0.525. The van der Waals surface area contributed by atoms with Crippen molar-refractivity contribution in [3.05, 3.63) is 59.7 Å². The molecular weight excluding hydrogens is 468 g/mol. The number of piperidine rings is 1. The van der Waals surface area contributed by atoms with E-state index in [2.05, 4.69) is 0 Å². The first-order valence-corrected chi connectivity index (χ1v) is 12.1. The van der Waals surface area contributed by atoms with Crippen LogP contribution in [-0.4, -0.2) is 50.8 Å². The van der Waals surface area contributed by atoms with Crippen molar-refractivity contribution >= 4 is 27.6 Å². The summed E-state index contributed by atoms with van der Waals surface area (Å²) in [5.74, 6) is -3.17. The molecule has 0 unspecified atom stereocenters. The first-order chi connectivity index (χ1) is 16.2. The number of halogens is 2. The van der Waals surface area contributed by atoms with E-state index >= 15 is 0 Å². The van der Waals surface area contributed by atoms with Gasteiger partial charge in [0, 0.05) is 25.3 Å². The minimum Gasteiger partial charge on any atom is -0.452 e. The molecule has 0 N–H and O–H groups in total. The molecular formula is C23H23F2N3O5S. The van der Waals surface area contributed by atoms with Gasteiger partial charge in [0.1, 0.15) is 16.5 Å². The van der Waals surface area contributed by atoms with E-state index < -0.39 is 45.0 Å². The lowest BCUT2D eigenvalue weighted by Crippen LogP contribution is -2.36. The number of carbonyl (C=O) groups is 2. The highest BCUT2D eigenvalue weighted by atomic mass is 32.2. The van der Waals surface area contributed by atoms with Crippen molar-refractivity contribution in [3.8, 4) is 6.07 Å². The predicted octanol–water partition coefficient (Wildman–Crippen LogP) is 3.24. The third-order valence-electron chi connectivity index (χ3n) is 5.31. The second-order valence-corrected chi connectivity index (χ2v) is 9.52. The van der Waals surface area contributed by atoms with Crippen LogP contribution in [0.3, 0.4) is 0 Å². The first-order valence-electron chi connectivity index (χ1n) is 10.6. The minimum absolute atomic E-state index is 0.00666. The number of benzene rings is 2. The van der Waals surface area contributed by atoms with E-state index in [0.29, 0.717) is 18.5 Å². The molecule has 34 heavy (non-hydrogen) atoms. The average Bonchev–Trinajstić information content (AvgIpc) is 2.84. The number of ether oxygens (including phenoxy) is 1. The molecule has 0 saturated carbocycles. The largest absolute Gasteiger partial charge is 0.452 e. The topological polar surface area (TPSA) is 108 Å². The highest BCUT2D eigenvalue weighted by Gasteiger charge is 2.30. The third-order valence-corrected chi connectivity index (χ3v) is 7.23. The van der Waals surface area contributed by atoms with E-state index in [1.54, 1.807) is 0 Å². The third kappa shape index (κ3) is 5.95. The number of anilines is 1. The van der Waals surface area contributed by atoms with Crippen LogP contribution in [0.25, 0.3) is 0 Å². The van der Waals surface area contributed by atoms with Crippen LogP contribution >= 0.6 is 0 Å². The van der Waals surface area contributed by atoms with Gasteiger partial charge >= 0.3 is 5.97 Å². The van der Waals surface area contributed by atoms with E-state index in [9.17, 15) is 26.8 Å². The maximum atomic E-state index is 14.4. The Morgan fingerprint density at radius 2 is 1.74 bits per heavy atom. The molecule has 1 amide bonds. The molecule has 3 rings (SSSR count). The van der Waals surface area contributed by atoms with Crippen molar-refractivity contribution < 1.29 is 31.5 Å². The number of hydrogen-bond donors (Lipinski definition) is 0. The number of esters is 1. The van der Waals surface area contributed by atoms with Gasteiger partial charge in [0.05, 0.1) is 18.1 Å². The molecule has 1 heterocycles. The highest BCUT2D eigenvalue weighted by molar-refractivity contribution is 7.89. The first kappa shape index (κ1) is 25.3. The van der Waals surface area contributed by atoms with Crippen LogP contribution in [-0.2, 0) is 19.6 Å². The molecule has 0 bridgehead atoms. The number of amides is 1. The van der Waals surface area contributed by atoms with E-state index in [1.807, 2.05) is 6.07 Å². The van der Waals surface area contributed by atoms with Crippen LogP contribution in [0.1, 0.15) is 36.0 Å². The minimum atomic E-state index is -4.13. The zero-order chi connectivity index (χ0) is 24.7. The Balaban J connectivity index is 1.73. The number of nitriles is 1. The molecule has 0 aromatic heterocycles. The Kier molecular flexibility index (Phi) is 8.31. The van der Waals surface area contributed by atoms with Gasteiger partial charge in [-0.2, -0.15) is 9.57 Å². The molecule has 1 fully saturated rings. The lowest BCUT2D eigenvalue weighted by Gasteiger charge is -2.26. The van der Waals surface area contributed by atoms with Gasteiger partial charge in [-0.15, -0.1) is 0 Å². The summed E-state index contributed by atoms with van der Waals surface area (Å²) in [5, 5.41) is 8.85. The molecule has 0 atom stereocenters. The Labute approximate surface area is 196 Å². The SMILES string of the molecule is N#CCCN(C(=O)COC(=O)c1ccc(F)c(S(=O)(=O)N2CCCCC2)c1)c1ccc(F)cc1. The zero-order valence-electron chi connectivity index (χ0n) is 18.2. The smallest absolute Gasteiger partial charge is 0.338 e. The second kappa shape index (κ2) is 11.2. The Morgan fingerprint density at radius 1 is 1.06 bits per heavy atom. The number of nitrogens with zero attached hydrogens (tertiary/aromatic N) is 3. The summed E-state index contributed by atoms with van der Waals surface area (Å²) in [5.41, 5.74) is 0.0875. The van der Waals surface area contributed by atoms with Crippen molar-refractivity contribution in [2.75, 3.05) is 31.1 Å². The van der Waals surface area contributed by atoms with Crippen molar-refractivity contribution in [3.63, 3.8) is 0 Å². The van der Waals surface area contributed by atoms with E-state index in [1.165, 1.54) is 21.3 Å². The van der Waals surface area contributed by atoms with Gasteiger partial charge in [-0.05, 0) is 55.3 Å². The summed E-state index contributed by atoms with van der Waals surface area (Å²) in [6.07, 6.45) is 2.22. The molecule has 0 spiro atoms. The standard InChI is InChI=1S/C23H23F2N3O5S/c24-18-6-8-19(9-7-18)28(14-4-11-26)22(29)16-33-23(30)17-5-10-20(25)21(15-17)34(31,32)27-12-2-1-3-13-27/h5-10,15H,1-4,12-14,16H2. The number of rotatable bonds is 8. The zero-order valence-corrected chi connectivity index (χ0v) is 19.1. The molecule has 1 aliphatic heterocycles. The fraction of sp³-hybridized carbons (Fsp3) is 0.348. The summed E-state index contributed by atoms with van der Waals surface area (Å²) in [7, 11) is -4.13. The van der Waals surface area contributed by atoms with Crippen LogP contribution in [0.2, 0.25) is 0 Å². The predicted molar refractivity (Wildman–Crippen MR) is 118 cm³/mol. The van der Waals surface area contributed by atoms with Gasteiger partial charge in [-0.1, -0.05) is 6.42 Å². The van der Waals surface area contributed by atoms with Crippen molar-refractivity contribution in [1.82, 2.24) is 4.31 Å². The van der Waals surface area contributed by atoms with Gasteiger partial charge in [0.25, 0.3) is 5.91 Å². The molecule has 2 aromatic carbocycles. The van der Waals surface area contributed by atoms with Crippen molar-refractivity contribution in [1.29, 1.82) is 5.26 Å². The van der Waals surface area contributed by atoms with Crippen LogP contribution < -0.4 is 4.90 Å². The van der Waals surface area contributed by atoms with Gasteiger partial charge < -0.3 is 9.64 Å². The molecule has 11 heteroatoms. The summed E-state index contributed by atoms with van der Waals surface area (Å²) in [6.45, 7) is -0.180. The Bertz CT molecular complexity index is 1190. The summed E-state index contributed by atoms with van der Waals surface area (Å²) < 4.78 is 59.5. The van der Waals surface area contributed by atoms with Crippen LogP contribution in [0.5, 0.6) is 0 Å². The average molecular weight is 492 g/mol. The van der Waals surface area contributed by atoms with Gasteiger partial charge in [-0.25, -0.2) is 22.0 Å². The molecule has 0 radical (unpaired) electrons. The normalized spacial score (nSPS) is 14.3. The fourth-order valence-corrected chi connectivity index (χ4v) is 5.15. The number of carbonyl (C=O) groups excluding carboxylic acids is 2. The molecule has 1 saturated heterocycles. The molecule has 1 aliphatic rings. The Morgan fingerprint density at radius 3 is 2.38 bits per heavy atom. The molecule has 8 nitrogen and oxygen atoms in total. The number of hydrogen-bond acceptors (Lipinski definition) is 6.